The molecule has 11 nitrogen and oxygen atoms in total. The third-order valence-electron chi connectivity index (χ3n) is 9.04. The summed E-state index contributed by atoms with van der Waals surface area (Å²) in [7, 11) is 8.04. The molecule has 0 spiro atoms. The molecule has 1 aromatic carbocycles. The highest BCUT2D eigenvalue weighted by atomic mass is 19.4. The van der Waals surface area contributed by atoms with E-state index in [1.165, 1.54) is 19.0 Å². The molecule has 0 bridgehead atoms. The maximum absolute atomic E-state index is 14.1. The monoisotopic (exact) mass is 610 g/mol. The zero-order valence-corrected chi connectivity index (χ0v) is 24.7. The van der Waals surface area contributed by atoms with Gasteiger partial charge in [-0.25, -0.2) is 0 Å². The van der Waals surface area contributed by atoms with E-state index in [4.69, 9.17) is 5.73 Å². The summed E-state index contributed by atoms with van der Waals surface area (Å²) in [6.45, 7) is 0.0678. The van der Waals surface area contributed by atoms with Crippen molar-refractivity contribution in [3.8, 4) is 5.75 Å². The first-order valence-corrected chi connectivity index (χ1v) is 14.0. The van der Waals surface area contributed by atoms with Crippen molar-refractivity contribution in [1.29, 1.82) is 0 Å². The molecule has 4 rings (SSSR count). The topological polar surface area (TPSA) is 162 Å². The third-order valence-corrected chi connectivity index (χ3v) is 9.04. The standard InChI is InChI=1S/C29H37F3N4O7/c1-34(2)17-11-14(12-36(5)8-6-7-28(30,31)32)22(37)19-15(17)9-13-10-16-21(35(3)4)24(39)20(27(33)42)26(41)29(16,43)25(40)18(13)23(19)38/h11,13,16,18,20-21,37,43H,6-10,12H2,1-5H3,(H2,33,42)/t13-,16-,18?,20?,21-,29-/m0/s1. The van der Waals surface area contributed by atoms with E-state index in [9.17, 15) is 47.4 Å². The van der Waals surface area contributed by atoms with Gasteiger partial charge >= 0.3 is 6.18 Å². The molecule has 43 heavy (non-hydrogen) atoms. The van der Waals surface area contributed by atoms with E-state index in [1.54, 1.807) is 37.0 Å². The lowest BCUT2D eigenvalue weighted by atomic mass is 9.52. The summed E-state index contributed by atoms with van der Waals surface area (Å²) >= 11 is 0. The van der Waals surface area contributed by atoms with Crippen LogP contribution in [0.4, 0.5) is 18.9 Å². The number of aliphatic hydroxyl groups is 1. The van der Waals surface area contributed by atoms with E-state index in [1.807, 2.05) is 0 Å². The van der Waals surface area contributed by atoms with Crippen molar-refractivity contribution in [3.63, 3.8) is 0 Å². The lowest BCUT2D eigenvalue weighted by molar-refractivity contribution is -0.181. The Bertz CT molecular complexity index is 1380. The van der Waals surface area contributed by atoms with Gasteiger partial charge in [0, 0.05) is 44.2 Å². The molecule has 0 aromatic heterocycles. The van der Waals surface area contributed by atoms with E-state index < -0.39 is 82.7 Å². The van der Waals surface area contributed by atoms with Crippen molar-refractivity contribution in [2.75, 3.05) is 46.7 Å². The first-order chi connectivity index (χ1) is 19.8. The van der Waals surface area contributed by atoms with Crippen LogP contribution in [0, 0.1) is 23.7 Å². The number of benzene rings is 1. The highest BCUT2D eigenvalue weighted by molar-refractivity contribution is 6.32. The molecule has 1 amide bonds. The summed E-state index contributed by atoms with van der Waals surface area (Å²) < 4.78 is 37.9. The SMILES string of the molecule is CN(CCCC(F)(F)F)Cc1cc(N(C)C)c2c(c1O)C(=O)C1C(=O)[C@]3(O)C(=O)C(C(N)=O)C(=O)[C@@H](N(C)C)[C@@H]3C[C@@H]1C2. The maximum Gasteiger partial charge on any atom is 0.389 e. The molecule has 0 radical (unpaired) electrons. The number of nitrogens with two attached hydrogens (primary N) is 1. The number of phenols is 1. The van der Waals surface area contributed by atoms with E-state index in [0.29, 0.717) is 11.3 Å². The molecule has 0 heterocycles. The van der Waals surface area contributed by atoms with Gasteiger partial charge in [0.05, 0.1) is 17.5 Å². The van der Waals surface area contributed by atoms with Crippen LogP contribution in [0.25, 0.3) is 0 Å². The molecule has 236 valence electrons. The van der Waals surface area contributed by atoms with Crippen LogP contribution < -0.4 is 10.6 Å². The highest BCUT2D eigenvalue weighted by Crippen LogP contribution is 2.52. The smallest absolute Gasteiger partial charge is 0.389 e. The summed E-state index contributed by atoms with van der Waals surface area (Å²) in [6.07, 6.45) is -5.40. The Morgan fingerprint density at radius 3 is 2.26 bits per heavy atom. The zero-order valence-electron chi connectivity index (χ0n) is 24.7. The first-order valence-electron chi connectivity index (χ1n) is 14.0. The minimum absolute atomic E-state index is 0.00451. The van der Waals surface area contributed by atoms with Gasteiger partial charge in [-0.1, -0.05) is 0 Å². The summed E-state index contributed by atoms with van der Waals surface area (Å²) in [6, 6.07) is 0.454. The average molecular weight is 611 g/mol. The molecule has 2 fully saturated rings. The van der Waals surface area contributed by atoms with Gasteiger partial charge in [0.15, 0.2) is 34.7 Å². The van der Waals surface area contributed by atoms with Gasteiger partial charge in [0.2, 0.25) is 5.91 Å². The number of fused-ring (bicyclic) bond motifs is 3. The third kappa shape index (κ3) is 5.44. The van der Waals surface area contributed by atoms with Gasteiger partial charge in [-0.3, -0.25) is 28.9 Å². The highest BCUT2D eigenvalue weighted by Gasteiger charge is 2.69. The predicted molar refractivity (Wildman–Crippen MR) is 147 cm³/mol. The molecule has 3 aliphatic rings. The van der Waals surface area contributed by atoms with E-state index in [2.05, 4.69) is 0 Å². The fraction of sp³-hybridized carbons (Fsp3) is 0.621. The second-order valence-electron chi connectivity index (χ2n) is 12.4. The molecule has 6 atom stereocenters. The minimum Gasteiger partial charge on any atom is -0.507 e. The number of carbonyl (C=O) groups excluding carboxylic acids is 5. The fourth-order valence-electron chi connectivity index (χ4n) is 7.15. The number of rotatable bonds is 8. The Labute approximate surface area is 246 Å². The summed E-state index contributed by atoms with van der Waals surface area (Å²) in [5.74, 6) is -11.4. The second-order valence-corrected chi connectivity index (χ2v) is 12.4. The number of ketones is 4. The van der Waals surface area contributed by atoms with Gasteiger partial charge < -0.3 is 25.7 Å². The number of Topliss-reactive ketones (excluding diaryl/α,β-unsaturated/α-hetero) is 4. The van der Waals surface area contributed by atoms with Crippen molar-refractivity contribution >= 4 is 34.7 Å². The number of phenolic OH excluding ortho intramolecular Hbond substituents is 1. The van der Waals surface area contributed by atoms with E-state index in [-0.39, 0.29) is 43.5 Å². The van der Waals surface area contributed by atoms with Crippen LogP contribution in [0.1, 0.15) is 40.7 Å². The van der Waals surface area contributed by atoms with Crippen LogP contribution in [0.5, 0.6) is 5.75 Å². The van der Waals surface area contributed by atoms with Crippen LogP contribution >= 0.6 is 0 Å². The first kappa shape index (κ1) is 32.6. The van der Waals surface area contributed by atoms with Gasteiger partial charge in [-0.2, -0.15) is 13.2 Å². The molecule has 2 unspecified atom stereocenters. The van der Waals surface area contributed by atoms with Crippen molar-refractivity contribution in [1.82, 2.24) is 9.80 Å². The van der Waals surface area contributed by atoms with E-state index in [0.717, 1.165) is 0 Å². The Balaban J connectivity index is 1.77. The summed E-state index contributed by atoms with van der Waals surface area (Å²) in [5, 5.41) is 23.0. The fourth-order valence-corrected chi connectivity index (χ4v) is 7.15. The summed E-state index contributed by atoms with van der Waals surface area (Å²) in [4.78, 5) is 71.6. The van der Waals surface area contributed by atoms with Crippen molar-refractivity contribution in [2.24, 2.45) is 29.4 Å². The Hall–Kier alpha value is -3.36. The number of hydrogen-bond donors (Lipinski definition) is 3. The molecule has 14 heteroatoms. The van der Waals surface area contributed by atoms with Crippen molar-refractivity contribution in [3.05, 3.63) is 22.8 Å². The normalized spacial score (nSPS) is 29.0. The Morgan fingerprint density at radius 2 is 1.72 bits per heavy atom. The van der Waals surface area contributed by atoms with Crippen LogP contribution in [0.15, 0.2) is 6.07 Å². The van der Waals surface area contributed by atoms with E-state index >= 15 is 0 Å². The zero-order chi connectivity index (χ0) is 32.3. The molecule has 3 aliphatic carbocycles. The average Bonchev–Trinajstić information content (AvgIpc) is 2.86. The van der Waals surface area contributed by atoms with Gasteiger partial charge in [0.1, 0.15) is 5.75 Å². The molecule has 0 aliphatic heterocycles. The van der Waals surface area contributed by atoms with Crippen molar-refractivity contribution in [2.45, 2.75) is 50.0 Å². The van der Waals surface area contributed by atoms with Crippen LogP contribution in [0.2, 0.25) is 0 Å². The van der Waals surface area contributed by atoms with Crippen LogP contribution in [0.3, 0.4) is 0 Å². The van der Waals surface area contributed by atoms with Crippen molar-refractivity contribution < 1.29 is 47.4 Å². The molecule has 2 saturated carbocycles. The Morgan fingerprint density at radius 1 is 1.09 bits per heavy atom. The largest absolute Gasteiger partial charge is 0.507 e. The van der Waals surface area contributed by atoms with Gasteiger partial charge in [0.25, 0.3) is 0 Å². The maximum atomic E-state index is 14.1. The van der Waals surface area contributed by atoms with Gasteiger partial charge in [-0.15, -0.1) is 0 Å². The predicted octanol–water partition coefficient (Wildman–Crippen LogP) is 0.707. The molecule has 1 aromatic rings. The Kier molecular flexibility index (Phi) is 8.55. The van der Waals surface area contributed by atoms with Crippen LogP contribution in [-0.4, -0.2) is 109 Å². The number of carbonyl (C=O) groups is 5. The molecular weight excluding hydrogens is 573 g/mol. The number of primary amides is 1. The number of halogens is 3. The number of alkyl halides is 3. The number of likely N-dealkylation sites (N-methyl/N-ethyl adjacent to an activating group) is 1. The summed E-state index contributed by atoms with van der Waals surface area (Å²) in [5.41, 5.74) is 3.62. The van der Waals surface area contributed by atoms with Gasteiger partial charge in [-0.05, 0) is 64.5 Å². The second kappa shape index (κ2) is 11.3. The number of amides is 1. The quantitative estimate of drug-likeness (QED) is 0.358. The number of hydrogen-bond acceptors (Lipinski definition) is 10. The molecule has 0 saturated heterocycles. The van der Waals surface area contributed by atoms with Crippen LogP contribution in [-0.2, 0) is 32.1 Å². The number of nitrogens with zero attached hydrogens (tertiary/aromatic N) is 3. The molecular formula is C29H37F3N4O7. The number of anilines is 1. The molecule has 4 N–H and O–H groups in total. The lowest BCUT2D eigenvalue weighted by Crippen LogP contribution is -2.74. The lowest BCUT2D eigenvalue weighted by Gasteiger charge is -2.52. The minimum atomic E-state index is -4.30. The number of aromatic hydroxyl groups is 1.